The summed E-state index contributed by atoms with van der Waals surface area (Å²) in [6.07, 6.45) is 2.89. The van der Waals surface area contributed by atoms with Gasteiger partial charge in [-0.2, -0.15) is 0 Å². The van der Waals surface area contributed by atoms with Crippen LogP contribution in [0.15, 0.2) is 29.1 Å². The van der Waals surface area contributed by atoms with Crippen molar-refractivity contribution < 1.29 is 14.0 Å². The highest BCUT2D eigenvalue weighted by molar-refractivity contribution is 5.79. The number of nitrogens with zero attached hydrogens (tertiary/aromatic N) is 3. The van der Waals surface area contributed by atoms with E-state index >= 15 is 0 Å². The van der Waals surface area contributed by atoms with Gasteiger partial charge in [0.15, 0.2) is 0 Å². The Morgan fingerprint density at radius 3 is 2.80 bits per heavy atom. The Hall–Kier alpha value is -3.03. The number of aromatic amines is 1. The number of nitrogens with one attached hydrogen (secondary N) is 1. The van der Waals surface area contributed by atoms with Crippen molar-refractivity contribution >= 4 is 11.8 Å². The zero-order chi connectivity index (χ0) is 21.3. The van der Waals surface area contributed by atoms with Crippen LogP contribution < -0.4 is 5.56 Å². The first-order valence-corrected chi connectivity index (χ1v) is 10.3. The van der Waals surface area contributed by atoms with Gasteiger partial charge in [0.1, 0.15) is 11.6 Å². The van der Waals surface area contributed by atoms with Gasteiger partial charge in [0.05, 0.1) is 24.7 Å². The van der Waals surface area contributed by atoms with E-state index in [2.05, 4.69) is 9.97 Å². The molecule has 1 fully saturated rings. The second kappa shape index (κ2) is 8.38. The highest BCUT2D eigenvalue weighted by atomic mass is 19.1. The van der Waals surface area contributed by atoms with E-state index in [9.17, 15) is 18.8 Å². The SMILES string of the molecule is CC(=O)N1CCc2c(nc([C@@H]3CCCCN3C(=O)Cc3ccccc3F)[nH]c2=O)C1. The highest BCUT2D eigenvalue weighted by Gasteiger charge is 2.32. The summed E-state index contributed by atoms with van der Waals surface area (Å²) in [4.78, 5) is 48.3. The largest absolute Gasteiger partial charge is 0.337 e. The van der Waals surface area contributed by atoms with Crippen LogP contribution in [0.1, 0.15) is 54.9 Å². The summed E-state index contributed by atoms with van der Waals surface area (Å²) in [5, 5.41) is 0. The minimum Gasteiger partial charge on any atom is -0.337 e. The molecule has 7 nitrogen and oxygen atoms in total. The van der Waals surface area contributed by atoms with Crippen LogP contribution >= 0.6 is 0 Å². The maximum atomic E-state index is 14.0. The van der Waals surface area contributed by atoms with Gasteiger partial charge in [-0.3, -0.25) is 14.4 Å². The van der Waals surface area contributed by atoms with E-state index in [1.807, 2.05) is 0 Å². The summed E-state index contributed by atoms with van der Waals surface area (Å²) in [6, 6.07) is 5.91. The number of H-pyrrole nitrogens is 1. The molecule has 1 atom stereocenters. The number of aromatic nitrogens is 2. The number of benzene rings is 1. The molecule has 0 aliphatic carbocycles. The molecule has 0 radical (unpaired) electrons. The quantitative estimate of drug-likeness (QED) is 0.837. The van der Waals surface area contributed by atoms with Crippen molar-refractivity contribution in [3.8, 4) is 0 Å². The van der Waals surface area contributed by atoms with Crippen LogP contribution in [0.2, 0.25) is 0 Å². The summed E-state index contributed by atoms with van der Waals surface area (Å²) >= 11 is 0. The number of amides is 2. The van der Waals surface area contributed by atoms with E-state index in [-0.39, 0.29) is 29.8 Å². The fourth-order valence-corrected chi connectivity index (χ4v) is 4.31. The molecule has 1 saturated heterocycles. The lowest BCUT2D eigenvalue weighted by Crippen LogP contribution is -2.42. The molecule has 0 unspecified atom stereocenters. The zero-order valence-corrected chi connectivity index (χ0v) is 17.0. The average molecular weight is 412 g/mol. The predicted molar refractivity (Wildman–Crippen MR) is 108 cm³/mol. The fourth-order valence-electron chi connectivity index (χ4n) is 4.31. The summed E-state index contributed by atoms with van der Waals surface area (Å²) < 4.78 is 14.0. The molecule has 2 aliphatic rings. The molecule has 4 rings (SSSR count). The van der Waals surface area contributed by atoms with Gasteiger partial charge >= 0.3 is 0 Å². The molecule has 8 heteroatoms. The van der Waals surface area contributed by atoms with Crippen molar-refractivity contribution in [2.24, 2.45) is 0 Å². The number of piperidine rings is 1. The van der Waals surface area contributed by atoms with E-state index in [1.165, 1.54) is 13.0 Å². The molecule has 0 bridgehead atoms. The van der Waals surface area contributed by atoms with Crippen molar-refractivity contribution in [2.75, 3.05) is 13.1 Å². The van der Waals surface area contributed by atoms with Crippen molar-refractivity contribution in [3.63, 3.8) is 0 Å². The normalized spacial score (nSPS) is 18.8. The molecule has 0 spiro atoms. The second-order valence-electron chi connectivity index (χ2n) is 7.93. The molecular formula is C22H25FN4O3. The third kappa shape index (κ3) is 3.99. The lowest BCUT2D eigenvalue weighted by molar-refractivity contribution is -0.134. The Morgan fingerprint density at radius 1 is 1.23 bits per heavy atom. The molecule has 2 aliphatic heterocycles. The van der Waals surface area contributed by atoms with Crippen molar-refractivity contribution in [2.45, 2.75) is 51.6 Å². The maximum absolute atomic E-state index is 14.0. The van der Waals surface area contributed by atoms with Crippen LogP contribution in [0.25, 0.3) is 0 Å². The first kappa shape index (κ1) is 20.3. The Labute approximate surface area is 173 Å². The number of hydrogen-bond donors (Lipinski definition) is 1. The Kier molecular flexibility index (Phi) is 5.65. The molecule has 0 saturated carbocycles. The van der Waals surface area contributed by atoms with Gasteiger partial charge in [-0.05, 0) is 37.3 Å². The van der Waals surface area contributed by atoms with Crippen LogP contribution in [-0.2, 0) is 29.0 Å². The lowest BCUT2D eigenvalue weighted by Gasteiger charge is -2.36. The van der Waals surface area contributed by atoms with E-state index < -0.39 is 5.82 Å². The molecule has 1 N–H and O–H groups in total. The van der Waals surface area contributed by atoms with E-state index in [0.29, 0.717) is 55.1 Å². The summed E-state index contributed by atoms with van der Waals surface area (Å²) in [5.74, 6) is -0.186. The van der Waals surface area contributed by atoms with Crippen LogP contribution in [0.5, 0.6) is 0 Å². The second-order valence-corrected chi connectivity index (χ2v) is 7.93. The summed E-state index contributed by atoms with van der Waals surface area (Å²) in [5.41, 5.74) is 1.36. The number of fused-ring (bicyclic) bond motifs is 1. The van der Waals surface area contributed by atoms with Gasteiger partial charge in [-0.25, -0.2) is 9.37 Å². The summed E-state index contributed by atoms with van der Waals surface area (Å²) in [7, 11) is 0. The van der Waals surface area contributed by atoms with Gasteiger partial charge in [0, 0.05) is 25.6 Å². The van der Waals surface area contributed by atoms with Crippen molar-refractivity contribution in [1.82, 2.24) is 19.8 Å². The van der Waals surface area contributed by atoms with Crippen LogP contribution in [0.3, 0.4) is 0 Å². The Morgan fingerprint density at radius 2 is 2.03 bits per heavy atom. The number of hydrogen-bond acceptors (Lipinski definition) is 4. The Bertz CT molecular complexity index is 1040. The third-order valence-electron chi connectivity index (χ3n) is 5.98. The molecule has 1 aromatic carbocycles. The van der Waals surface area contributed by atoms with E-state index in [4.69, 9.17) is 0 Å². The van der Waals surface area contributed by atoms with E-state index in [1.54, 1.807) is 28.0 Å². The number of rotatable bonds is 3. The van der Waals surface area contributed by atoms with Gasteiger partial charge in [-0.1, -0.05) is 18.2 Å². The van der Waals surface area contributed by atoms with Gasteiger partial charge in [0.2, 0.25) is 11.8 Å². The first-order chi connectivity index (χ1) is 14.4. The Balaban J connectivity index is 1.61. The monoisotopic (exact) mass is 412 g/mol. The first-order valence-electron chi connectivity index (χ1n) is 10.3. The zero-order valence-electron chi connectivity index (χ0n) is 17.0. The maximum Gasteiger partial charge on any atom is 0.254 e. The standard InChI is InChI=1S/C22H25FN4O3/c1-14(28)26-11-9-16-18(13-26)24-21(25-22(16)30)19-8-4-5-10-27(19)20(29)12-15-6-2-3-7-17(15)23/h2-3,6-7,19H,4-5,8-13H2,1H3,(H,24,25,30)/t19-/m0/s1. The van der Waals surface area contributed by atoms with Crippen molar-refractivity contribution in [1.29, 1.82) is 0 Å². The number of carbonyl (C=O) groups excluding carboxylic acids is 2. The molecule has 2 aromatic rings. The number of halogens is 1. The lowest BCUT2D eigenvalue weighted by atomic mass is 9.99. The molecule has 30 heavy (non-hydrogen) atoms. The highest BCUT2D eigenvalue weighted by Crippen LogP contribution is 2.30. The molecule has 158 valence electrons. The molecule has 3 heterocycles. The number of likely N-dealkylation sites (tertiary alicyclic amines) is 1. The third-order valence-corrected chi connectivity index (χ3v) is 5.98. The van der Waals surface area contributed by atoms with E-state index in [0.717, 1.165) is 12.8 Å². The average Bonchev–Trinajstić information content (AvgIpc) is 2.74. The van der Waals surface area contributed by atoms with Gasteiger partial charge in [-0.15, -0.1) is 0 Å². The van der Waals surface area contributed by atoms with Crippen LogP contribution in [-0.4, -0.2) is 44.7 Å². The van der Waals surface area contributed by atoms with Gasteiger partial charge in [0.25, 0.3) is 5.56 Å². The smallest absolute Gasteiger partial charge is 0.254 e. The minimum absolute atomic E-state index is 0.0313. The van der Waals surface area contributed by atoms with Crippen LogP contribution in [0.4, 0.5) is 4.39 Å². The van der Waals surface area contributed by atoms with Crippen molar-refractivity contribution in [3.05, 3.63) is 63.1 Å². The number of carbonyl (C=O) groups is 2. The van der Waals surface area contributed by atoms with Gasteiger partial charge < -0.3 is 14.8 Å². The minimum atomic E-state index is -0.399. The molecular weight excluding hydrogens is 387 g/mol. The fraction of sp³-hybridized carbons (Fsp3) is 0.455. The molecule has 2 amide bonds. The topological polar surface area (TPSA) is 86.4 Å². The summed E-state index contributed by atoms with van der Waals surface area (Å²) in [6.45, 7) is 2.85. The predicted octanol–water partition coefficient (Wildman–Crippen LogP) is 2.11. The van der Waals surface area contributed by atoms with Crippen LogP contribution in [0, 0.1) is 5.82 Å². The molecule has 1 aromatic heterocycles.